The molecule has 0 radical (unpaired) electrons. The summed E-state index contributed by atoms with van der Waals surface area (Å²) in [5.41, 5.74) is 1.01. The van der Waals surface area contributed by atoms with Gasteiger partial charge in [0.1, 0.15) is 0 Å². The number of halogens is 2. The van der Waals surface area contributed by atoms with Gasteiger partial charge in [-0.05, 0) is 35.3 Å². The number of nitrogens with zero attached hydrogens (tertiary/aromatic N) is 5. The van der Waals surface area contributed by atoms with E-state index < -0.39 is 0 Å². The Morgan fingerprint density at radius 1 is 1.11 bits per heavy atom. The average Bonchev–Trinajstić information content (AvgIpc) is 2.36. The summed E-state index contributed by atoms with van der Waals surface area (Å²) < 4.78 is 0. The van der Waals surface area contributed by atoms with Gasteiger partial charge in [-0.3, -0.25) is 4.98 Å². The van der Waals surface area contributed by atoms with E-state index in [0.717, 1.165) is 12.1 Å². The Bertz CT molecular complexity index is 500. The lowest BCUT2D eigenvalue weighted by Crippen LogP contribution is -2.23. The van der Waals surface area contributed by atoms with Gasteiger partial charge in [0.05, 0.1) is 0 Å². The van der Waals surface area contributed by atoms with Gasteiger partial charge in [-0.1, -0.05) is 6.07 Å². The second kappa shape index (κ2) is 5.93. The lowest BCUT2D eigenvalue weighted by molar-refractivity contribution is 0.813. The monoisotopic (exact) mass is 283 g/mol. The highest BCUT2D eigenvalue weighted by molar-refractivity contribution is 6.31. The summed E-state index contributed by atoms with van der Waals surface area (Å²) in [5, 5.41) is 0.185. The van der Waals surface area contributed by atoms with E-state index in [4.69, 9.17) is 23.2 Å². The van der Waals surface area contributed by atoms with Gasteiger partial charge in [0, 0.05) is 31.9 Å². The van der Waals surface area contributed by atoms with Crippen LogP contribution in [0, 0.1) is 0 Å². The molecule has 2 aromatic rings. The third kappa shape index (κ3) is 3.51. The molecule has 0 saturated heterocycles. The maximum absolute atomic E-state index is 5.73. The van der Waals surface area contributed by atoms with Gasteiger partial charge in [0.15, 0.2) is 0 Å². The molecule has 2 heterocycles. The van der Waals surface area contributed by atoms with Crippen molar-refractivity contribution < 1.29 is 0 Å². The maximum Gasteiger partial charge on any atom is 0.230 e. The van der Waals surface area contributed by atoms with Gasteiger partial charge in [-0.15, -0.1) is 0 Å². The molecule has 0 fully saturated rings. The van der Waals surface area contributed by atoms with E-state index in [0.29, 0.717) is 12.5 Å². The summed E-state index contributed by atoms with van der Waals surface area (Å²) in [5.74, 6) is 0.455. The van der Waals surface area contributed by atoms with Crippen LogP contribution in [-0.2, 0) is 6.42 Å². The van der Waals surface area contributed by atoms with Crippen LogP contribution in [0.15, 0.2) is 24.4 Å². The molecule has 0 amide bonds. The smallest absolute Gasteiger partial charge is 0.230 e. The van der Waals surface area contributed by atoms with E-state index in [-0.39, 0.29) is 10.6 Å². The number of hydrogen-bond acceptors (Lipinski definition) is 5. The summed E-state index contributed by atoms with van der Waals surface area (Å²) in [6.07, 6.45) is 2.56. The van der Waals surface area contributed by atoms with Crippen LogP contribution in [0.3, 0.4) is 0 Å². The molecule has 0 saturated carbocycles. The van der Waals surface area contributed by atoms with Gasteiger partial charge in [0.25, 0.3) is 0 Å². The summed E-state index contributed by atoms with van der Waals surface area (Å²) in [4.78, 5) is 17.8. The molecule has 0 bridgehead atoms. The molecule has 0 aliphatic carbocycles. The highest BCUT2D eigenvalue weighted by Crippen LogP contribution is 2.12. The molecule has 0 N–H and O–H groups in total. The summed E-state index contributed by atoms with van der Waals surface area (Å²) in [7, 11) is 1.87. The zero-order valence-corrected chi connectivity index (χ0v) is 11.2. The minimum Gasteiger partial charge on any atom is -0.343 e. The quantitative estimate of drug-likeness (QED) is 0.862. The molecular weight excluding hydrogens is 273 g/mol. The Morgan fingerprint density at radius 2 is 1.83 bits per heavy atom. The molecule has 0 spiro atoms. The van der Waals surface area contributed by atoms with Crippen molar-refractivity contribution >= 4 is 29.2 Å². The fraction of sp³-hybridized carbons (Fsp3) is 0.273. The lowest BCUT2D eigenvalue weighted by Gasteiger charge is -2.16. The van der Waals surface area contributed by atoms with Crippen molar-refractivity contribution in [2.75, 3.05) is 18.5 Å². The van der Waals surface area contributed by atoms with Crippen molar-refractivity contribution in [3.63, 3.8) is 0 Å². The minimum absolute atomic E-state index is 0.0923. The molecule has 5 nitrogen and oxygen atoms in total. The maximum atomic E-state index is 5.73. The van der Waals surface area contributed by atoms with Crippen LogP contribution in [0.25, 0.3) is 0 Å². The molecule has 7 heteroatoms. The second-order valence-electron chi connectivity index (χ2n) is 3.67. The number of hydrogen-bond donors (Lipinski definition) is 0. The Hall–Kier alpha value is -1.46. The van der Waals surface area contributed by atoms with E-state index in [1.54, 1.807) is 6.20 Å². The predicted molar refractivity (Wildman–Crippen MR) is 71.1 cm³/mol. The average molecular weight is 284 g/mol. The highest BCUT2D eigenvalue weighted by atomic mass is 35.5. The number of pyridine rings is 1. The molecule has 18 heavy (non-hydrogen) atoms. The Balaban J connectivity index is 2.01. The predicted octanol–water partition coefficient (Wildman–Crippen LogP) is 2.25. The SMILES string of the molecule is CN(CCc1ccccn1)c1nc(Cl)nc(Cl)n1. The van der Waals surface area contributed by atoms with Gasteiger partial charge in [-0.25, -0.2) is 0 Å². The van der Waals surface area contributed by atoms with Crippen LogP contribution in [0.2, 0.25) is 10.6 Å². The topological polar surface area (TPSA) is 54.8 Å². The highest BCUT2D eigenvalue weighted by Gasteiger charge is 2.08. The minimum atomic E-state index is 0.0923. The molecule has 0 unspecified atom stereocenters. The standard InChI is InChI=1S/C11H11Cl2N5/c1-18(7-5-8-4-2-3-6-14-8)11-16-9(12)15-10(13)17-11/h2-4,6H,5,7H2,1H3. The fourth-order valence-corrected chi connectivity index (χ4v) is 1.77. The Labute approximate surface area is 115 Å². The first kappa shape index (κ1) is 13.0. The third-order valence-corrected chi connectivity index (χ3v) is 2.68. The summed E-state index contributed by atoms with van der Waals surface area (Å²) >= 11 is 11.5. The zero-order valence-electron chi connectivity index (χ0n) is 9.72. The number of aromatic nitrogens is 4. The van der Waals surface area contributed by atoms with Crippen molar-refractivity contribution in [1.29, 1.82) is 0 Å². The molecule has 0 aromatic carbocycles. The van der Waals surface area contributed by atoms with E-state index in [1.165, 1.54) is 0 Å². The van der Waals surface area contributed by atoms with Crippen molar-refractivity contribution in [1.82, 2.24) is 19.9 Å². The normalized spacial score (nSPS) is 10.4. The van der Waals surface area contributed by atoms with Gasteiger partial charge < -0.3 is 4.90 Å². The molecule has 0 atom stereocenters. The Kier molecular flexibility index (Phi) is 4.28. The first-order valence-corrected chi connectivity index (χ1v) is 6.09. The van der Waals surface area contributed by atoms with Crippen molar-refractivity contribution in [2.24, 2.45) is 0 Å². The van der Waals surface area contributed by atoms with Crippen LogP contribution >= 0.6 is 23.2 Å². The van der Waals surface area contributed by atoms with Crippen LogP contribution in [0.4, 0.5) is 5.95 Å². The van der Waals surface area contributed by atoms with E-state index in [9.17, 15) is 0 Å². The van der Waals surface area contributed by atoms with Crippen LogP contribution < -0.4 is 4.90 Å². The molecule has 0 aliphatic heterocycles. The Morgan fingerprint density at radius 3 is 2.44 bits per heavy atom. The largest absolute Gasteiger partial charge is 0.343 e. The van der Waals surface area contributed by atoms with Gasteiger partial charge >= 0.3 is 0 Å². The molecule has 2 rings (SSSR count). The first-order chi connectivity index (χ1) is 8.65. The van der Waals surface area contributed by atoms with Gasteiger partial charge in [-0.2, -0.15) is 15.0 Å². The summed E-state index contributed by atoms with van der Waals surface area (Å²) in [6.45, 7) is 0.716. The van der Waals surface area contributed by atoms with Crippen molar-refractivity contribution in [2.45, 2.75) is 6.42 Å². The van der Waals surface area contributed by atoms with Crippen LogP contribution in [0.5, 0.6) is 0 Å². The van der Waals surface area contributed by atoms with E-state index in [1.807, 2.05) is 30.1 Å². The summed E-state index contributed by atoms with van der Waals surface area (Å²) in [6, 6.07) is 5.82. The fourth-order valence-electron chi connectivity index (χ4n) is 1.42. The molecule has 2 aromatic heterocycles. The van der Waals surface area contributed by atoms with Crippen LogP contribution in [-0.4, -0.2) is 33.5 Å². The third-order valence-electron chi connectivity index (χ3n) is 2.34. The van der Waals surface area contributed by atoms with Crippen LogP contribution in [0.1, 0.15) is 5.69 Å². The number of rotatable bonds is 4. The number of anilines is 1. The molecule has 0 aliphatic rings. The van der Waals surface area contributed by atoms with E-state index >= 15 is 0 Å². The number of likely N-dealkylation sites (N-methyl/N-ethyl adjacent to an activating group) is 1. The molecule has 94 valence electrons. The van der Waals surface area contributed by atoms with Crippen molar-refractivity contribution in [3.05, 3.63) is 40.7 Å². The van der Waals surface area contributed by atoms with Gasteiger partial charge in [0.2, 0.25) is 16.5 Å². The lowest BCUT2D eigenvalue weighted by atomic mass is 10.2. The molecular formula is C11H11Cl2N5. The first-order valence-electron chi connectivity index (χ1n) is 5.33. The van der Waals surface area contributed by atoms with Crippen molar-refractivity contribution in [3.8, 4) is 0 Å². The zero-order chi connectivity index (χ0) is 13.0. The second-order valence-corrected chi connectivity index (χ2v) is 4.34. The van der Waals surface area contributed by atoms with E-state index in [2.05, 4.69) is 19.9 Å².